The predicted octanol–water partition coefficient (Wildman–Crippen LogP) is 7.91. The van der Waals surface area contributed by atoms with Crippen molar-refractivity contribution in [1.29, 1.82) is 5.26 Å². The second-order valence-electron chi connectivity index (χ2n) is 12.1. The van der Waals surface area contributed by atoms with E-state index in [2.05, 4.69) is 15.9 Å². The van der Waals surface area contributed by atoms with Gasteiger partial charge in [-0.3, -0.25) is 9.69 Å². The van der Waals surface area contributed by atoms with Gasteiger partial charge in [-0.25, -0.2) is 9.59 Å². The van der Waals surface area contributed by atoms with Crippen molar-refractivity contribution in [2.24, 2.45) is 0 Å². The summed E-state index contributed by atoms with van der Waals surface area (Å²) in [5.74, 6) is -2.03. The molecule has 3 aromatic rings. The van der Waals surface area contributed by atoms with Crippen LogP contribution >= 0.6 is 15.9 Å². The Balaban J connectivity index is 0.000000278. The normalized spacial score (nSPS) is 17.0. The molecular weight excluding hydrogens is 757 g/mol. The molecule has 0 aliphatic carbocycles. The van der Waals surface area contributed by atoms with Crippen LogP contribution in [0.3, 0.4) is 0 Å². The van der Waals surface area contributed by atoms with Gasteiger partial charge in [-0.15, -0.1) is 0 Å². The van der Waals surface area contributed by atoms with Gasteiger partial charge < -0.3 is 24.4 Å². The fraction of sp³-hybridized carbons (Fsp3) is 0.333. The Morgan fingerprint density at radius 2 is 1.36 bits per heavy atom. The van der Waals surface area contributed by atoms with Crippen molar-refractivity contribution >= 4 is 39.7 Å². The molecule has 0 saturated carbocycles. The van der Waals surface area contributed by atoms with Gasteiger partial charge in [-0.1, -0.05) is 85.0 Å². The van der Waals surface area contributed by atoms with E-state index in [0.717, 1.165) is 30.4 Å². The summed E-state index contributed by atoms with van der Waals surface area (Å²) in [5, 5.41) is 17.8. The Hall–Kier alpha value is -5.13. The fourth-order valence-corrected chi connectivity index (χ4v) is 6.42. The molecule has 2 fully saturated rings. The lowest BCUT2D eigenvalue weighted by Crippen LogP contribution is -2.41. The minimum Gasteiger partial charge on any atom is -0.445 e. The Morgan fingerprint density at radius 3 is 1.81 bits per heavy atom. The molecule has 0 radical (unpaired) electrons. The first-order chi connectivity index (χ1) is 25.5. The zero-order valence-electron chi connectivity index (χ0n) is 28.8. The van der Waals surface area contributed by atoms with Crippen LogP contribution in [-0.4, -0.2) is 77.5 Å². The van der Waals surface area contributed by atoms with Crippen LogP contribution in [0.1, 0.15) is 42.4 Å². The maximum atomic E-state index is 13.2. The standard InChI is InChI=1S/C24H21BrF3N3O3.C15H19NO3/c25-20-14-18(15-29)10-11-21(20)31(22(32)24(26,27)28)13-5-9-19-8-4-12-30(19)23(33)34-16-17-6-2-1-3-7-17;17-11-5-9-14-8-4-10-16(14)15(18)19-12-13-6-2-1-3-7-13/h1-3,5-7,9-11,14,19H,4,8,12-13,16H2;1-3,5-7,9,14,17H,4,8,10-12H2/t19-;14-/m11/s1. The van der Waals surface area contributed by atoms with Gasteiger partial charge >= 0.3 is 24.3 Å². The summed E-state index contributed by atoms with van der Waals surface area (Å²) >= 11 is 3.14. The van der Waals surface area contributed by atoms with Crippen molar-refractivity contribution in [2.75, 3.05) is 31.1 Å². The van der Waals surface area contributed by atoms with Gasteiger partial charge in [0.05, 0.1) is 36.0 Å². The maximum absolute atomic E-state index is 13.2. The van der Waals surface area contributed by atoms with Crippen LogP contribution in [0.5, 0.6) is 0 Å². The highest BCUT2D eigenvalue weighted by atomic mass is 79.9. The number of carbonyl (C=O) groups is 3. The zero-order valence-corrected chi connectivity index (χ0v) is 30.4. The second-order valence-corrected chi connectivity index (χ2v) is 13.0. The van der Waals surface area contributed by atoms with Gasteiger partial charge in [0, 0.05) is 24.1 Å². The highest BCUT2D eigenvalue weighted by Crippen LogP contribution is 2.31. The molecule has 2 heterocycles. The first-order valence-electron chi connectivity index (χ1n) is 17.0. The second kappa shape index (κ2) is 20.2. The molecule has 5 rings (SSSR count). The van der Waals surface area contributed by atoms with Crippen LogP contribution in [0.4, 0.5) is 28.4 Å². The summed E-state index contributed by atoms with van der Waals surface area (Å²) in [6.45, 7) is 1.23. The average Bonchev–Trinajstić information content (AvgIpc) is 3.84. The van der Waals surface area contributed by atoms with Crippen LogP contribution < -0.4 is 4.90 Å². The van der Waals surface area contributed by atoms with Crippen LogP contribution in [0.25, 0.3) is 0 Å². The number of amides is 3. The molecule has 14 heteroatoms. The number of halogens is 4. The van der Waals surface area contributed by atoms with Crippen molar-refractivity contribution in [3.8, 4) is 6.07 Å². The zero-order chi connectivity index (χ0) is 38.2. The number of carbonyl (C=O) groups excluding carboxylic acids is 3. The molecule has 0 spiro atoms. The molecule has 280 valence electrons. The number of nitriles is 1. The minimum atomic E-state index is -5.08. The summed E-state index contributed by atoms with van der Waals surface area (Å²) < 4.78 is 50.6. The number of rotatable bonds is 10. The third kappa shape index (κ3) is 12.2. The van der Waals surface area contributed by atoms with Gasteiger partial charge in [-0.2, -0.15) is 18.4 Å². The number of aliphatic hydroxyl groups excluding tert-OH is 1. The number of ether oxygens (including phenoxy) is 2. The van der Waals surface area contributed by atoms with E-state index in [0.29, 0.717) is 31.0 Å². The van der Waals surface area contributed by atoms with Gasteiger partial charge in [0.15, 0.2) is 0 Å². The lowest BCUT2D eigenvalue weighted by Gasteiger charge is -2.25. The van der Waals surface area contributed by atoms with Crippen molar-refractivity contribution < 1.29 is 42.1 Å². The van der Waals surface area contributed by atoms with Crippen LogP contribution in [-0.2, 0) is 27.5 Å². The molecule has 3 amide bonds. The quantitative estimate of drug-likeness (QED) is 0.207. The number of hydrogen-bond donors (Lipinski definition) is 1. The third-order valence-electron chi connectivity index (χ3n) is 8.44. The molecule has 1 N–H and O–H groups in total. The maximum Gasteiger partial charge on any atom is 0.471 e. The van der Waals surface area contributed by atoms with Gasteiger partial charge in [-0.05, 0) is 70.9 Å². The number of aliphatic hydroxyl groups is 1. The number of nitrogens with zero attached hydrogens (tertiary/aromatic N) is 4. The van der Waals surface area contributed by atoms with E-state index in [1.165, 1.54) is 29.2 Å². The van der Waals surface area contributed by atoms with Crippen LogP contribution in [0.15, 0.2) is 108 Å². The summed E-state index contributed by atoms with van der Waals surface area (Å²) in [6.07, 6.45) is 3.98. The van der Waals surface area contributed by atoms with Gasteiger partial charge in [0.2, 0.25) is 0 Å². The average molecular weight is 798 g/mol. The summed E-state index contributed by atoms with van der Waals surface area (Å²) in [6, 6.07) is 24.4. The molecule has 2 aliphatic heterocycles. The smallest absolute Gasteiger partial charge is 0.445 e. The van der Waals surface area contributed by atoms with Crippen LogP contribution in [0.2, 0.25) is 0 Å². The molecule has 2 atom stereocenters. The third-order valence-corrected chi connectivity index (χ3v) is 9.08. The molecular formula is C39H40BrF3N4O6. The molecule has 2 aliphatic rings. The van der Waals surface area contributed by atoms with E-state index in [-0.39, 0.29) is 53.7 Å². The Bertz CT molecular complexity index is 1770. The number of anilines is 1. The highest BCUT2D eigenvalue weighted by Gasteiger charge is 2.43. The van der Waals surface area contributed by atoms with E-state index >= 15 is 0 Å². The van der Waals surface area contributed by atoms with Crippen molar-refractivity contribution in [1.82, 2.24) is 9.80 Å². The van der Waals surface area contributed by atoms with Crippen LogP contribution in [0, 0.1) is 11.3 Å². The first-order valence-corrected chi connectivity index (χ1v) is 17.8. The number of benzene rings is 3. The molecule has 3 aromatic carbocycles. The molecule has 53 heavy (non-hydrogen) atoms. The van der Waals surface area contributed by atoms with E-state index in [9.17, 15) is 27.6 Å². The largest absolute Gasteiger partial charge is 0.471 e. The lowest BCUT2D eigenvalue weighted by molar-refractivity contribution is -0.170. The molecule has 2 saturated heterocycles. The van der Waals surface area contributed by atoms with E-state index < -0.39 is 18.2 Å². The van der Waals surface area contributed by atoms with Crippen molar-refractivity contribution in [2.45, 2.75) is 57.2 Å². The summed E-state index contributed by atoms with van der Waals surface area (Å²) in [7, 11) is 0. The number of hydrogen-bond acceptors (Lipinski definition) is 7. The Morgan fingerprint density at radius 1 is 0.849 bits per heavy atom. The summed E-state index contributed by atoms with van der Waals surface area (Å²) in [4.78, 5) is 40.4. The Kier molecular flexibility index (Phi) is 15.5. The summed E-state index contributed by atoms with van der Waals surface area (Å²) in [5.41, 5.74) is 2.05. The monoisotopic (exact) mass is 796 g/mol. The van der Waals surface area contributed by atoms with E-state index in [1.807, 2.05) is 72.8 Å². The van der Waals surface area contributed by atoms with Crippen molar-refractivity contribution in [3.63, 3.8) is 0 Å². The lowest BCUT2D eigenvalue weighted by atomic mass is 10.2. The minimum absolute atomic E-state index is 0.00338. The molecule has 0 aromatic heterocycles. The fourth-order valence-electron chi connectivity index (χ4n) is 5.82. The van der Waals surface area contributed by atoms with E-state index in [1.54, 1.807) is 17.1 Å². The highest BCUT2D eigenvalue weighted by molar-refractivity contribution is 9.10. The van der Waals surface area contributed by atoms with E-state index in [4.69, 9.17) is 19.8 Å². The van der Waals surface area contributed by atoms with Gasteiger partial charge in [0.25, 0.3) is 0 Å². The topological polar surface area (TPSA) is 123 Å². The number of alkyl halides is 3. The molecule has 0 unspecified atom stereocenters. The number of likely N-dealkylation sites (tertiary alicyclic amines) is 2. The van der Waals surface area contributed by atoms with Crippen molar-refractivity contribution in [3.05, 3.63) is 124 Å². The first kappa shape index (κ1) is 40.6. The SMILES string of the molecule is N#Cc1ccc(N(CC=C[C@H]2CCCN2C(=O)OCc2ccccc2)C(=O)C(F)(F)F)c(Br)c1.O=C(OCc1ccccc1)N1CCC[C@@H]1C=CCO. The van der Waals surface area contributed by atoms with Gasteiger partial charge in [0.1, 0.15) is 13.2 Å². The Labute approximate surface area is 314 Å². The molecule has 10 nitrogen and oxygen atoms in total. The molecule has 0 bridgehead atoms. The predicted molar refractivity (Wildman–Crippen MR) is 195 cm³/mol.